The van der Waals surface area contributed by atoms with Gasteiger partial charge in [0.1, 0.15) is 0 Å². The Morgan fingerprint density at radius 1 is 0.769 bits per heavy atom. The van der Waals surface area contributed by atoms with Crippen LogP contribution in [0.4, 0.5) is 0 Å². The third-order valence-corrected chi connectivity index (χ3v) is 7.20. The molecule has 0 spiro atoms. The van der Waals surface area contributed by atoms with Gasteiger partial charge in [-0.15, -0.1) is 0 Å². The molecule has 4 nitrogen and oxygen atoms in total. The van der Waals surface area contributed by atoms with Crippen molar-refractivity contribution in [3.05, 3.63) is 65.7 Å². The van der Waals surface area contributed by atoms with E-state index in [1.807, 2.05) is 30.3 Å². The minimum absolute atomic E-state index is 0.298. The molecule has 0 unspecified atom stereocenters. The quantitative estimate of drug-likeness (QED) is 0.800. The number of hydrogen-bond acceptors (Lipinski definition) is 3. The van der Waals surface area contributed by atoms with Gasteiger partial charge in [-0.05, 0) is 36.1 Å². The van der Waals surface area contributed by atoms with Crippen LogP contribution in [0.2, 0.25) is 0 Å². The summed E-state index contributed by atoms with van der Waals surface area (Å²) in [5.41, 5.74) is 2.43. The third-order valence-electron chi connectivity index (χ3n) is 5.29. The minimum atomic E-state index is -3.41. The largest absolute Gasteiger partial charge is 0.294 e. The van der Waals surface area contributed by atoms with Gasteiger partial charge in [0.15, 0.2) is 0 Å². The normalized spacial score (nSPS) is 18.2. The average Bonchev–Trinajstić information content (AvgIpc) is 2.68. The number of piperazine rings is 1. The van der Waals surface area contributed by atoms with E-state index in [4.69, 9.17) is 0 Å². The van der Waals surface area contributed by atoms with Gasteiger partial charge in [-0.25, -0.2) is 8.42 Å². The summed E-state index contributed by atoms with van der Waals surface area (Å²) in [6.07, 6.45) is 0. The molecule has 0 aromatic heterocycles. The van der Waals surface area contributed by atoms with Crippen LogP contribution in [0, 0.1) is 0 Å². The highest BCUT2D eigenvalue weighted by molar-refractivity contribution is 7.89. The molecular weight excluding hydrogens is 344 g/mol. The standard InChI is InChI=1S/C21H28N2O2S/c1-17(2)19-9-11-21(12-10-19)26(24,25)23-15-13-22(14-16-23)18(3)20-7-5-4-6-8-20/h4-12,17-18H,13-16H2,1-3H3/t18-/m1/s1. The zero-order valence-electron chi connectivity index (χ0n) is 15.8. The van der Waals surface area contributed by atoms with Crippen molar-refractivity contribution in [2.24, 2.45) is 0 Å². The summed E-state index contributed by atoms with van der Waals surface area (Å²) in [6.45, 7) is 8.97. The van der Waals surface area contributed by atoms with E-state index in [0.29, 0.717) is 29.9 Å². The van der Waals surface area contributed by atoms with Gasteiger partial charge in [0.05, 0.1) is 4.90 Å². The highest BCUT2D eigenvalue weighted by atomic mass is 32.2. The molecule has 5 heteroatoms. The van der Waals surface area contributed by atoms with E-state index in [-0.39, 0.29) is 0 Å². The predicted molar refractivity (Wildman–Crippen MR) is 106 cm³/mol. The maximum absolute atomic E-state index is 12.9. The van der Waals surface area contributed by atoms with Crippen LogP contribution in [-0.2, 0) is 10.0 Å². The summed E-state index contributed by atoms with van der Waals surface area (Å²) in [5.74, 6) is 0.398. The molecule has 0 amide bonds. The third kappa shape index (κ3) is 4.00. The summed E-state index contributed by atoms with van der Waals surface area (Å²) in [6, 6.07) is 18.0. The number of nitrogens with zero attached hydrogens (tertiary/aromatic N) is 2. The van der Waals surface area contributed by atoms with E-state index < -0.39 is 10.0 Å². The molecule has 0 saturated carbocycles. The van der Waals surface area contributed by atoms with E-state index in [0.717, 1.165) is 18.7 Å². The van der Waals surface area contributed by atoms with E-state index >= 15 is 0 Å². The van der Waals surface area contributed by atoms with Crippen LogP contribution in [0.5, 0.6) is 0 Å². The molecule has 1 atom stereocenters. The van der Waals surface area contributed by atoms with Gasteiger partial charge in [0, 0.05) is 32.2 Å². The van der Waals surface area contributed by atoms with Crippen molar-refractivity contribution >= 4 is 10.0 Å². The topological polar surface area (TPSA) is 40.6 Å². The van der Waals surface area contributed by atoms with E-state index in [1.54, 1.807) is 16.4 Å². The lowest BCUT2D eigenvalue weighted by molar-refractivity contribution is 0.146. The Labute approximate surface area is 157 Å². The van der Waals surface area contributed by atoms with Gasteiger partial charge in [0.2, 0.25) is 10.0 Å². The average molecular weight is 373 g/mol. The van der Waals surface area contributed by atoms with Crippen LogP contribution in [0.3, 0.4) is 0 Å². The Morgan fingerprint density at radius 3 is 1.88 bits per heavy atom. The fraction of sp³-hybridized carbons (Fsp3) is 0.429. The van der Waals surface area contributed by atoms with Crippen molar-refractivity contribution < 1.29 is 8.42 Å². The summed E-state index contributed by atoms with van der Waals surface area (Å²) in [7, 11) is -3.41. The molecule has 0 N–H and O–H groups in total. The molecule has 26 heavy (non-hydrogen) atoms. The summed E-state index contributed by atoms with van der Waals surface area (Å²) >= 11 is 0. The molecule has 0 radical (unpaired) electrons. The molecule has 1 fully saturated rings. The summed E-state index contributed by atoms with van der Waals surface area (Å²) < 4.78 is 27.5. The van der Waals surface area contributed by atoms with Crippen molar-refractivity contribution in [1.29, 1.82) is 0 Å². The second kappa shape index (κ2) is 7.91. The Balaban J connectivity index is 1.67. The van der Waals surface area contributed by atoms with Crippen molar-refractivity contribution in [2.45, 2.75) is 37.6 Å². The first kappa shape index (κ1) is 19.1. The lowest BCUT2D eigenvalue weighted by Crippen LogP contribution is -2.49. The van der Waals surface area contributed by atoms with Crippen molar-refractivity contribution in [3.63, 3.8) is 0 Å². The van der Waals surface area contributed by atoms with Crippen LogP contribution in [0.15, 0.2) is 59.5 Å². The Bertz CT molecular complexity index is 809. The van der Waals surface area contributed by atoms with Crippen LogP contribution in [0.25, 0.3) is 0 Å². The molecule has 3 rings (SSSR count). The second-order valence-electron chi connectivity index (χ2n) is 7.25. The number of hydrogen-bond donors (Lipinski definition) is 0. The van der Waals surface area contributed by atoms with Gasteiger partial charge in [-0.3, -0.25) is 4.90 Å². The van der Waals surface area contributed by atoms with Gasteiger partial charge in [-0.1, -0.05) is 56.3 Å². The van der Waals surface area contributed by atoms with Gasteiger partial charge in [0.25, 0.3) is 0 Å². The van der Waals surface area contributed by atoms with E-state index in [2.05, 4.69) is 37.8 Å². The van der Waals surface area contributed by atoms with Crippen LogP contribution in [0.1, 0.15) is 43.9 Å². The van der Waals surface area contributed by atoms with Gasteiger partial charge in [-0.2, -0.15) is 4.31 Å². The van der Waals surface area contributed by atoms with Crippen LogP contribution >= 0.6 is 0 Å². The Hall–Kier alpha value is -1.69. The van der Waals surface area contributed by atoms with Gasteiger partial charge < -0.3 is 0 Å². The van der Waals surface area contributed by atoms with Crippen molar-refractivity contribution in [1.82, 2.24) is 9.21 Å². The van der Waals surface area contributed by atoms with E-state index in [1.165, 1.54) is 5.56 Å². The lowest BCUT2D eigenvalue weighted by atomic mass is 10.0. The smallest absolute Gasteiger partial charge is 0.243 e. The molecule has 1 aliphatic heterocycles. The highest BCUT2D eigenvalue weighted by Crippen LogP contribution is 2.25. The summed E-state index contributed by atoms with van der Waals surface area (Å²) in [5, 5.41) is 0. The second-order valence-corrected chi connectivity index (χ2v) is 9.19. The van der Waals surface area contributed by atoms with Crippen LogP contribution in [-0.4, -0.2) is 43.8 Å². The molecule has 0 bridgehead atoms. The molecule has 2 aromatic carbocycles. The molecule has 2 aromatic rings. The first-order chi connectivity index (χ1) is 12.4. The monoisotopic (exact) mass is 372 g/mol. The zero-order chi connectivity index (χ0) is 18.7. The SMILES string of the molecule is CC(C)c1ccc(S(=O)(=O)N2CCN([C@H](C)c3ccccc3)CC2)cc1. The lowest BCUT2D eigenvalue weighted by Gasteiger charge is -2.37. The molecule has 1 heterocycles. The maximum Gasteiger partial charge on any atom is 0.243 e. The molecule has 0 aliphatic carbocycles. The maximum atomic E-state index is 12.9. The predicted octanol–water partition coefficient (Wildman–Crippen LogP) is 3.88. The summed E-state index contributed by atoms with van der Waals surface area (Å²) in [4.78, 5) is 2.75. The molecule has 1 saturated heterocycles. The molecule has 1 aliphatic rings. The van der Waals surface area contributed by atoms with Crippen molar-refractivity contribution in [2.75, 3.05) is 26.2 Å². The van der Waals surface area contributed by atoms with Gasteiger partial charge >= 0.3 is 0 Å². The zero-order valence-corrected chi connectivity index (χ0v) is 16.6. The first-order valence-electron chi connectivity index (χ1n) is 9.28. The van der Waals surface area contributed by atoms with Crippen LogP contribution < -0.4 is 0 Å². The first-order valence-corrected chi connectivity index (χ1v) is 10.7. The molecule has 140 valence electrons. The molecular formula is C21H28N2O2S. The fourth-order valence-electron chi connectivity index (χ4n) is 3.45. The fourth-order valence-corrected chi connectivity index (χ4v) is 4.87. The highest BCUT2D eigenvalue weighted by Gasteiger charge is 2.30. The number of sulfonamides is 1. The number of benzene rings is 2. The number of rotatable bonds is 5. The Morgan fingerprint density at radius 2 is 1.35 bits per heavy atom. The van der Waals surface area contributed by atoms with Crippen molar-refractivity contribution in [3.8, 4) is 0 Å². The minimum Gasteiger partial charge on any atom is -0.294 e. The Kier molecular flexibility index (Phi) is 5.80. The van der Waals surface area contributed by atoms with E-state index in [9.17, 15) is 8.42 Å².